The normalized spacial score (nSPS) is 11.7. The number of benzene rings is 1. The van der Waals surface area contributed by atoms with E-state index < -0.39 is 21.1 Å². The van der Waals surface area contributed by atoms with Crippen LogP contribution in [0.15, 0.2) is 35.6 Å². The molecule has 11 heteroatoms. The summed E-state index contributed by atoms with van der Waals surface area (Å²) in [6, 6.07) is 6.03. The maximum Gasteiger partial charge on any atom is 0.308 e. The van der Waals surface area contributed by atoms with Crippen molar-refractivity contribution in [3.05, 3.63) is 46.2 Å². The van der Waals surface area contributed by atoms with Crippen molar-refractivity contribution in [3.8, 4) is 0 Å². The Balaban J connectivity index is 2.22. The molecular weight excluding hydrogens is 389 g/mol. The highest BCUT2D eigenvalue weighted by Crippen LogP contribution is 2.36. The summed E-state index contributed by atoms with van der Waals surface area (Å²) in [7, 11) is -4.44. The van der Waals surface area contributed by atoms with Gasteiger partial charge in [0, 0.05) is 18.8 Å². The van der Waals surface area contributed by atoms with E-state index in [2.05, 4.69) is 15.1 Å². The second-order valence-corrected chi connectivity index (χ2v) is 7.56. The standard InChI is InChI=1S/C14H11Cl2N5O3S/c1-8-6-7-20-13(17-8)18-14(19-20)25(23,24)21(9(2)22)12-10(15)4-3-5-11(12)16/h3-7H,1-2H3. The second-order valence-electron chi connectivity index (χ2n) is 5.07. The molecule has 3 aromatic rings. The Kier molecular flexibility index (Phi) is 4.40. The van der Waals surface area contributed by atoms with Gasteiger partial charge in [-0.25, -0.2) is 9.50 Å². The minimum Gasteiger partial charge on any atom is -0.274 e. The zero-order chi connectivity index (χ0) is 18.4. The molecule has 0 saturated heterocycles. The van der Waals surface area contributed by atoms with Crippen molar-refractivity contribution < 1.29 is 13.2 Å². The van der Waals surface area contributed by atoms with Gasteiger partial charge in [-0.1, -0.05) is 29.3 Å². The average Bonchev–Trinajstić information content (AvgIpc) is 2.94. The van der Waals surface area contributed by atoms with Crippen LogP contribution < -0.4 is 4.31 Å². The van der Waals surface area contributed by atoms with Crippen molar-refractivity contribution in [1.29, 1.82) is 0 Å². The van der Waals surface area contributed by atoms with Crippen molar-refractivity contribution in [2.24, 2.45) is 0 Å². The molecule has 3 rings (SSSR count). The Morgan fingerprint density at radius 2 is 1.80 bits per heavy atom. The van der Waals surface area contributed by atoms with Crippen LogP contribution in [0.1, 0.15) is 12.6 Å². The number of carbonyl (C=O) groups is 1. The molecular formula is C14H11Cl2N5O3S. The van der Waals surface area contributed by atoms with E-state index in [0.717, 1.165) is 6.92 Å². The van der Waals surface area contributed by atoms with E-state index in [9.17, 15) is 13.2 Å². The quantitative estimate of drug-likeness (QED) is 0.670. The molecule has 0 atom stereocenters. The number of hydrogen-bond acceptors (Lipinski definition) is 6. The fraction of sp³-hybridized carbons (Fsp3) is 0.143. The topological polar surface area (TPSA) is 97.5 Å². The smallest absolute Gasteiger partial charge is 0.274 e. The van der Waals surface area contributed by atoms with Gasteiger partial charge in [-0.15, -0.1) is 5.10 Å². The van der Waals surface area contributed by atoms with Gasteiger partial charge in [0.05, 0.1) is 15.7 Å². The predicted octanol–water partition coefficient (Wildman–Crippen LogP) is 2.48. The summed E-state index contributed by atoms with van der Waals surface area (Å²) in [4.78, 5) is 20.1. The van der Waals surface area contributed by atoms with Gasteiger partial charge in [-0.3, -0.25) is 4.79 Å². The van der Waals surface area contributed by atoms with E-state index >= 15 is 0 Å². The summed E-state index contributed by atoms with van der Waals surface area (Å²) < 4.78 is 27.6. The molecule has 0 unspecified atom stereocenters. The lowest BCUT2D eigenvalue weighted by Gasteiger charge is -2.21. The number of amides is 1. The molecule has 0 aliphatic heterocycles. The van der Waals surface area contributed by atoms with Crippen LogP contribution in [-0.4, -0.2) is 33.9 Å². The first-order valence-electron chi connectivity index (χ1n) is 6.92. The number of para-hydroxylation sites is 1. The fourth-order valence-corrected chi connectivity index (χ4v) is 4.16. The van der Waals surface area contributed by atoms with Gasteiger partial charge in [0.1, 0.15) is 0 Å². The Morgan fingerprint density at radius 3 is 2.40 bits per heavy atom. The minimum atomic E-state index is -4.44. The van der Waals surface area contributed by atoms with Crippen molar-refractivity contribution in [2.45, 2.75) is 19.0 Å². The number of aryl methyl sites for hydroxylation is 1. The molecule has 2 aromatic heterocycles. The zero-order valence-corrected chi connectivity index (χ0v) is 15.3. The van der Waals surface area contributed by atoms with E-state index in [0.29, 0.717) is 10.00 Å². The van der Waals surface area contributed by atoms with E-state index in [4.69, 9.17) is 23.2 Å². The highest BCUT2D eigenvalue weighted by molar-refractivity contribution is 7.93. The van der Waals surface area contributed by atoms with Gasteiger partial charge in [-0.05, 0) is 25.1 Å². The lowest BCUT2D eigenvalue weighted by Crippen LogP contribution is -2.36. The molecule has 0 spiro atoms. The number of anilines is 1. The second kappa shape index (κ2) is 6.25. The van der Waals surface area contributed by atoms with E-state index in [1.807, 2.05) is 0 Å². The molecule has 0 aliphatic rings. The summed E-state index contributed by atoms with van der Waals surface area (Å²) in [6.45, 7) is 2.81. The van der Waals surface area contributed by atoms with Gasteiger partial charge >= 0.3 is 10.0 Å². The van der Waals surface area contributed by atoms with E-state index in [-0.39, 0.29) is 21.5 Å². The molecule has 1 aromatic carbocycles. The number of carbonyl (C=O) groups excluding carboxylic acids is 1. The van der Waals surface area contributed by atoms with Crippen LogP contribution in [0, 0.1) is 6.92 Å². The van der Waals surface area contributed by atoms with Crippen LogP contribution in [0.5, 0.6) is 0 Å². The molecule has 2 heterocycles. The van der Waals surface area contributed by atoms with Gasteiger partial charge < -0.3 is 0 Å². The number of rotatable bonds is 3. The summed E-state index contributed by atoms with van der Waals surface area (Å²) in [5.41, 5.74) is 0.489. The maximum absolute atomic E-state index is 13.0. The molecule has 0 aliphatic carbocycles. The summed E-state index contributed by atoms with van der Waals surface area (Å²) in [5, 5.41) is 3.31. The maximum atomic E-state index is 13.0. The number of halogens is 2. The Labute approximate surface area is 153 Å². The molecule has 0 N–H and O–H groups in total. The minimum absolute atomic E-state index is 0.00371. The fourth-order valence-electron chi connectivity index (χ4n) is 2.17. The Morgan fingerprint density at radius 1 is 1.16 bits per heavy atom. The first kappa shape index (κ1) is 17.6. The third-order valence-electron chi connectivity index (χ3n) is 3.22. The van der Waals surface area contributed by atoms with Crippen LogP contribution in [-0.2, 0) is 14.8 Å². The third kappa shape index (κ3) is 3.06. The monoisotopic (exact) mass is 399 g/mol. The lowest BCUT2D eigenvalue weighted by molar-refractivity contribution is -0.115. The number of nitrogens with zero attached hydrogens (tertiary/aromatic N) is 5. The van der Waals surface area contributed by atoms with Crippen LogP contribution in [0.2, 0.25) is 10.0 Å². The van der Waals surface area contributed by atoms with Gasteiger partial charge in [-0.2, -0.15) is 17.7 Å². The summed E-state index contributed by atoms with van der Waals surface area (Å²) in [6.07, 6.45) is 1.52. The molecule has 0 bridgehead atoms. The van der Waals surface area contributed by atoms with Gasteiger partial charge in [0.2, 0.25) is 5.91 Å². The highest BCUT2D eigenvalue weighted by Gasteiger charge is 2.35. The van der Waals surface area contributed by atoms with Gasteiger partial charge in [0.15, 0.2) is 0 Å². The van der Waals surface area contributed by atoms with E-state index in [1.165, 1.54) is 28.9 Å². The predicted molar refractivity (Wildman–Crippen MR) is 92.3 cm³/mol. The van der Waals surface area contributed by atoms with Crippen molar-refractivity contribution in [2.75, 3.05) is 4.31 Å². The molecule has 0 radical (unpaired) electrons. The largest absolute Gasteiger partial charge is 0.308 e. The lowest BCUT2D eigenvalue weighted by atomic mass is 10.3. The summed E-state index contributed by atoms with van der Waals surface area (Å²) >= 11 is 12.1. The SMILES string of the molecule is CC(=O)N(c1c(Cl)cccc1Cl)S(=O)(=O)c1nc2nc(C)ccn2n1. The number of fused-ring (bicyclic) bond motifs is 1. The molecule has 130 valence electrons. The van der Waals surface area contributed by atoms with Crippen LogP contribution in [0.25, 0.3) is 5.78 Å². The molecule has 0 fully saturated rings. The van der Waals surface area contributed by atoms with Crippen LogP contribution in [0.4, 0.5) is 5.69 Å². The van der Waals surface area contributed by atoms with Gasteiger partial charge in [0.25, 0.3) is 10.9 Å². The first-order chi connectivity index (χ1) is 11.7. The molecule has 1 amide bonds. The van der Waals surface area contributed by atoms with Crippen LogP contribution >= 0.6 is 23.2 Å². The number of aromatic nitrogens is 4. The molecule has 25 heavy (non-hydrogen) atoms. The van der Waals surface area contributed by atoms with Crippen molar-refractivity contribution >= 4 is 50.6 Å². The van der Waals surface area contributed by atoms with E-state index in [1.54, 1.807) is 13.0 Å². The number of hydrogen-bond donors (Lipinski definition) is 0. The van der Waals surface area contributed by atoms with Crippen molar-refractivity contribution in [3.63, 3.8) is 0 Å². The highest BCUT2D eigenvalue weighted by atomic mass is 35.5. The number of sulfonamides is 1. The third-order valence-corrected chi connectivity index (χ3v) is 5.39. The first-order valence-corrected chi connectivity index (χ1v) is 9.11. The van der Waals surface area contributed by atoms with Crippen molar-refractivity contribution in [1.82, 2.24) is 19.6 Å². The van der Waals surface area contributed by atoms with Crippen LogP contribution in [0.3, 0.4) is 0 Å². The summed E-state index contributed by atoms with van der Waals surface area (Å²) in [5.74, 6) is -0.717. The Hall–Kier alpha value is -2.23. The molecule has 0 saturated carbocycles. The Bertz CT molecular complexity index is 1080. The average molecular weight is 400 g/mol. The zero-order valence-electron chi connectivity index (χ0n) is 13.0. The molecule has 8 nitrogen and oxygen atoms in total.